The summed E-state index contributed by atoms with van der Waals surface area (Å²) in [6, 6.07) is 0. The SMILES string of the molecule is O=C(NO[C@@H]1CCCCO1)[C@H]1C[C@@H]1C1CCCCC1. The number of ether oxygens (including phenoxy) is 1. The molecule has 1 N–H and O–H groups in total. The van der Waals surface area contributed by atoms with Crippen LogP contribution in [0, 0.1) is 17.8 Å². The number of carbonyl (C=O) groups excluding carboxylic acids is 1. The molecule has 2 saturated carbocycles. The Balaban J connectivity index is 1.37. The molecule has 19 heavy (non-hydrogen) atoms. The molecule has 0 spiro atoms. The zero-order valence-electron chi connectivity index (χ0n) is 11.6. The molecular formula is C15H25NO3. The number of rotatable bonds is 4. The van der Waals surface area contributed by atoms with Gasteiger partial charge >= 0.3 is 0 Å². The van der Waals surface area contributed by atoms with E-state index >= 15 is 0 Å². The highest BCUT2D eigenvalue weighted by Crippen LogP contribution is 2.49. The van der Waals surface area contributed by atoms with Crippen molar-refractivity contribution in [3.8, 4) is 0 Å². The Bertz CT molecular complexity index is 309. The van der Waals surface area contributed by atoms with Gasteiger partial charge in [0, 0.05) is 18.9 Å². The van der Waals surface area contributed by atoms with Gasteiger partial charge in [-0.15, -0.1) is 0 Å². The fourth-order valence-electron chi connectivity index (χ4n) is 3.60. The Morgan fingerprint density at radius 2 is 1.84 bits per heavy atom. The first-order chi connectivity index (χ1) is 9.34. The molecule has 0 bridgehead atoms. The molecule has 1 amide bonds. The number of hydroxylamine groups is 1. The van der Waals surface area contributed by atoms with E-state index in [1.165, 1.54) is 32.1 Å². The van der Waals surface area contributed by atoms with Crippen molar-refractivity contribution in [3.05, 3.63) is 0 Å². The lowest BCUT2D eigenvalue weighted by atomic mass is 9.85. The summed E-state index contributed by atoms with van der Waals surface area (Å²) in [7, 11) is 0. The highest BCUT2D eigenvalue weighted by Gasteiger charge is 2.47. The van der Waals surface area contributed by atoms with E-state index in [9.17, 15) is 4.79 Å². The van der Waals surface area contributed by atoms with E-state index in [-0.39, 0.29) is 18.1 Å². The van der Waals surface area contributed by atoms with E-state index < -0.39 is 0 Å². The van der Waals surface area contributed by atoms with Gasteiger partial charge in [0.2, 0.25) is 5.91 Å². The van der Waals surface area contributed by atoms with Gasteiger partial charge in [0.25, 0.3) is 0 Å². The smallest absolute Gasteiger partial charge is 0.247 e. The van der Waals surface area contributed by atoms with Crippen LogP contribution in [0.5, 0.6) is 0 Å². The molecule has 4 nitrogen and oxygen atoms in total. The van der Waals surface area contributed by atoms with Gasteiger partial charge in [-0.3, -0.25) is 4.79 Å². The van der Waals surface area contributed by atoms with Gasteiger partial charge in [0.15, 0.2) is 6.29 Å². The van der Waals surface area contributed by atoms with Gasteiger partial charge in [-0.05, 0) is 31.1 Å². The fourth-order valence-corrected chi connectivity index (χ4v) is 3.60. The maximum Gasteiger partial charge on any atom is 0.247 e. The third-order valence-corrected chi connectivity index (χ3v) is 4.86. The Kier molecular flexibility index (Phi) is 4.38. The normalized spacial score (nSPS) is 35.9. The third kappa shape index (κ3) is 3.48. The molecule has 0 aromatic heterocycles. The van der Waals surface area contributed by atoms with Gasteiger partial charge in [0.05, 0.1) is 0 Å². The van der Waals surface area contributed by atoms with Gasteiger partial charge < -0.3 is 4.74 Å². The zero-order chi connectivity index (χ0) is 13.1. The summed E-state index contributed by atoms with van der Waals surface area (Å²) in [5.41, 5.74) is 2.62. The minimum absolute atomic E-state index is 0.0738. The van der Waals surface area contributed by atoms with E-state index in [1.54, 1.807) is 0 Å². The van der Waals surface area contributed by atoms with E-state index in [4.69, 9.17) is 9.57 Å². The Labute approximate surface area is 115 Å². The fraction of sp³-hybridized carbons (Fsp3) is 0.933. The first-order valence-electron chi connectivity index (χ1n) is 7.91. The number of carbonyl (C=O) groups is 1. The number of amides is 1. The maximum atomic E-state index is 12.0. The van der Waals surface area contributed by atoms with Gasteiger partial charge in [-0.25, -0.2) is 10.3 Å². The van der Waals surface area contributed by atoms with Crippen LogP contribution in [-0.2, 0) is 14.4 Å². The monoisotopic (exact) mass is 267 g/mol. The summed E-state index contributed by atoms with van der Waals surface area (Å²) in [5.74, 6) is 1.68. The average molecular weight is 267 g/mol. The van der Waals surface area contributed by atoms with Crippen LogP contribution in [0.2, 0.25) is 0 Å². The van der Waals surface area contributed by atoms with Crippen LogP contribution in [0.15, 0.2) is 0 Å². The highest BCUT2D eigenvalue weighted by atomic mass is 16.8. The second kappa shape index (κ2) is 6.23. The highest BCUT2D eigenvalue weighted by molar-refractivity contribution is 5.80. The van der Waals surface area contributed by atoms with Crippen molar-refractivity contribution in [1.29, 1.82) is 0 Å². The standard InChI is InChI=1S/C15H25NO3/c17-15(16-19-14-8-4-5-9-18-14)13-10-12(13)11-6-2-1-3-7-11/h11-14H,1-10H2,(H,16,17)/t12-,13+,14-/m1/s1. The van der Waals surface area contributed by atoms with Crippen LogP contribution >= 0.6 is 0 Å². The van der Waals surface area contributed by atoms with Gasteiger partial charge in [0.1, 0.15) is 0 Å². The van der Waals surface area contributed by atoms with Crippen LogP contribution in [0.1, 0.15) is 57.8 Å². The lowest BCUT2D eigenvalue weighted by Gasteiger charge is -2.23. The van der Waals surface area contributed by atoms with Crippen molar-refractivity contribution in [3.63, 3.8) is 0 Å². The molecule has 108 valence electrons. The van der Waals surface area contributed by atoms with E-state index in [0.29, 0.717) is 5.92 Å². The molecule has 1 heterocycles. The number of hydrogen-bond donors (Lipinski definition) is 1. The molecule has 3 atom stereocenters. The first kappa shape index (κ1) is 13.4. The third-order valence-electron chi connectivity index (χ3n) is 4.86. The van der Waals surface area contributed by atoms with Crippen LogP contribution in [0.3, 0.4) is 0 Å². The zero-order valence-corrected chi connectivity index (χ0v) is 11.6. The summed E-state index contributed by atoms with van der Waals surface area (Å²) in [6.07, 6.45) is 10.6. The van der Waals surface area contributed by atoms with Gasteiger partial charge in [-0.1, -0.05) is 32.1 Å². The van der Waals surface area contributed by atoms with E-state index in [2.05, 4.69) is 5.48 Å². The van der Waals surface area contributed by atoms with Crippen molar-refractivity contribution >= 4 is 5.91 Å². The number of hydrogen-bond acceptors (Lipinski definition) is 3. The van der Waals surface area contributed by atoms with Crippen LogP contribution in [0.4, 0.5) is 0 Å². The molecule has 2 aliphatic carbocycles. The number of nitrogens with one attached hydrogen (secondary N) is 1. The van der Waals surface area contributed by atoms with Crippen molar-refractivity contribution in [2.45, 2.75) is 64.1 Å². The summed E-state index contributed by atoms with van der Waals surface area (Å²) < 4.78 is 5.43. The second-order valence-corrected chi connectivity index (χ2v) is 6.28. The average Bonchev–Trinajstić information content (AvgIpc) is 3.27. The van der Waals surface area contributed by atoms with Gasteiger partial charge in [-0.2, -0.15) is 0 Å². The van der Waals surface area contributed by atoms with Crippen molar-refractivity contribution in [2.24, 2.45) is 17.8 Å². The molecule has 0 aromatic rings. The second-order valence-electron chi connectivity index (χ2n) is 6.28. The van der Waals surface area contributed by atoms with E-state index in [1.807, 2.05) is 0 Å². The van der Waals surface area contributed by atoms with Crippen LogP contribution in [0.25, 0.3) is 0 Å². The first-order valence-corrected chi connectivity index (χ1v) is 7.91. The predicted octanol–water partition coefficient (Wildman–Crippen LogP) is 2.78. The molecule has 0 aromatic carbocycles. The molecule has 0 radical (unpaired) electrons. The summed E-state index contributed by atoms with van der Waals surface area (Å²) in [5, 5.41) is 0. The van der Waals surface area contributed by atoms with Crippen molar-refractivity contribution < 1.29 is 14.4 Å². The molecule has 3 fully saturated rings. The van der Waals surface area contributed by atoms with Crippen LogP contribution < -0.4 is 5.48 Å². The van der Waals surface area contributed by atoms with Crippen molar-refractivity contribution in [1.82, 2.24) is 5.48 Å². The summed E-state index contributed by atoms with van der Waals surface area (Å²) in [4.78, 5) is 17.4. The largest absolute Gasteiger partial charge is 0.350 e. The minimum atomic E-state index is -0.232. The molecule has 3 aliphatic rings. The predicted molar refractivity (Wildman–Crippen MR) is 71.0 cm³/mol. The van der Waals surface area contributed by atoms with E-state index in [0.717, 1.165) is 38.2 Å². The Morgan fingerprint density at radius 3 is 2.58 bits per heavy atom. The topological polar surface area (TPSA) is 47.6 Å². The quantitative estimate of drug-likeness (QED) is 0.797. The molecule has 4 heteroatoms. The molecule has 0 unspecified atom stereocenters. The lowest BCUT2D eigenvalue weighted by molar-refractivity contribution is -0.201. The Hall–Kier alpha value is -0.610. The molecular weight excluding hydrogens is 242 g/mol. The van der Waals surface area contributed by atoms with Crippen LogP contribution in [-0.4, -0.2) is 18.8 Å². The van der Waals surface area contributed by atoms with Crippen molar-refractivity contribution in [2.75, 3.05) is 6.61 Å². The molecule has 3 rings (SSSR count). The molecule has 1 saturated heterocycles. The summed E-state index contributed by atoms with van der Waals surface area (Å²) >= 11 is 0. The minimum Gasteiger partial charge on any atom is -0.350 e. The molecule has 1 aliphatic heterocycles. The maximum absolute atomic E-state index is 12.0. The summed E-state index contributed by atoms with van der Waals surface area (Å²) in [6.45, 7) is 0.745. The lowest BCUT2D eigenvalue weighted by Crippen LogP contribution is -2.34. The Morgan fingerprint density at radius 1 is 1.05 bits per heavy atom.